The third kappa shape index (κ3) is 2.02. The molecule has 1 aromatic heterocycles. The van der Waals surface area contributed by atoms with Crippen LogP contribution in [0.5, 0.6) is 0 Å². The first-order valence-corrected chi connectivity index (χ1v) is 5.04. The number of anilines is 1. The molecule has 2 rings (SSSR count). The molecule has 1 aromatic rings. The van der Waals surface area contributed by atoms with Crippen molar-refractivity contribution in [2.75, 3.05) is 25.2 Å². The maximum absolute atomic E-state index is 11.0. The lowest BCUT2D eigenvalue weighted by Crippen LogP contribution is -2.42. The number of carbonyl (C=O) groups excluding carboxylic acids is 1. The average Bonchev–Trinajstić information content (AvgIpc) is 2.44. The number of aromatic amines is 1. The van der Waals surface area contributed by atoms with Crippen LogP contribution in [-0.2, 0) is 11.3 Å². The molecule has 5 heteroatoms. The molecule has 0 saturated heterocycles. The predicted octanol–water partition coefficient (Wildman–Crippen LogP) is 0.516. The maximum Gasteiger partial charge on any atom is 0.152 e. The van der Waals surface area contributed by atoms with Gasteiger partial charge in [-0.2, -0.15) is 0 Å². The minimum atomic E-state index is 0.197. The monoisotopic (exact) mass is 208 g/mol. The molecule has 0 atom stereocenters. The van der Waals surface area contributed by atoms with E-state index in [9.17, 15) is 4.79 Å². The van der Waals surface area contributed by atoms with Crippen molar-refractivity contribution in [2.45, 2.75) is 20.4 Å². The van der Waals surface area contributed by atoms with E-state index < -0.39 is 0 Å². The normalized spacial score (nSPS) is 16.6. The molecule has 82 valence electrons. The van der Waals surface area contributed by atoms with Gasteiger partial charge in [-0.15, -0.1) is 0 Å². The van der Waals surface area contributed by atoms with Gasteiger partial charge in [0.15, 0.2) is 5.82 Å². The average molecular weight is 208 g/mol. The first-order chi connectivity index (χ1) is 7.06. The topological polar surface area (TPSA) is 52.2 Å². The van der Waals surface area contributed by atoms with Gasteiger partial charge in [0, 0.05) is 13.6 Å². The lowest BCUT2D eigenvalue weighted by atomic mass is 10.3. The van der Waals surface area contributed by atoms with Crippen LogP contribution in [-0.4, -0.2) is 40.9 Å². The van der Waals surface area contributed by atoms with Crippen LogP contribution in [0.1, 0.15) is 18.4 Å². The van der Waals surface area contributed by atoms with Gasteiger partial charge in [0.25, 0.3) is 0 Å². The Bertz CT molecular complexity index is 385. The van der Waals surface area contributed by atoms with E-state index in [1.807, 2.05) is 14.0 Å². The summed E-state index contributed by atoms with van der Waals surface area (Å²) in [5.74, 6) is 2.13. The van der Waals surface area contributed by atoms with Crippen LogP contribution in [0.2, 0.25) is 0 Å². The fourth-order valence-electron chi connectivity index (χ4n) is 2.02. The molecule has 0 fully saturated rings. The number of aromatic nitrogens is 2. The second-order valence-electron chi connectivity index (χ2n) is 4.15. The summed E-state index contributed by atoms with van der Waals surface area (Å²) in [5, 5.41) is 0. The number of fused-ring (bicyclic) bond motifs is 1. The number of hydrogen-bond donors (Lipinski definition) is 1. The highest BCUT2D eigenvalue weighted by Gasteiger charge is 2.23. The lowest BCUT2D eigenvalue weighted by Gasteiger charge is -2.32. The van der Waals surface area contributed by atoms with Crippen LogP contribution in [0.3, 0.4) is 0 Å². The zero-order valence-electron chi connectivity index (χ0n) is 9.37. The van der Waals surface area contributed by atoms with Crippen LogP contribution < -0.4 is 4.90 Å². The third-order valence-corrected chi connectivity index (χ3v) is 2.48. The van der Waals surface area contributed by atoms with Gasteiger partial charge in [-0.25, -0.2) is 4.98 Å². The highest BCUT2D eigenvalue weighted by atomic mass is 16.1. The lowest BCUT2D eigenvalue weighted by molar-refractivity contribution is -0.118. The summed E-state index contributed by atoms with van der Waals surface area (Å²) in [5.41, 5.74) is 1.10. The zero-order valence-corrected chi connectivity index (χ0v) is 9.37. The number of nitrogens with zero attached hydrogens (tertiary/aromatic N) is 3. The van der Waals surface area contributed by atoms with Crippen LogP contribution >= 0.6 is 0 Å². The largest absolute Gasteiger partial charge is 0.345 e. The number of H-pyrrole nitrogens is 1. The second kappa shape index (κ2) is 3.66. The molecular weight excluding hydrogens is 192 g/mol. The number of aryl methyl sites for hydroxylation is 1. The molecule has 5 nitrogen and oxygen atoms in total. The molecule has 0 bridgehead atoms. The van der Waals surface area contributed by atoms with Crippen LogP contribution in [0.4, 0.5) is 5.82 Å². The van der Waals surface area contributed by atoms with Crippen molar-refractivity contribution in [1.82, 2.24) is 14.9 Å². The Morgan fingerprint density at radius 1 is 1.60 bits per heavy atom. The number of imidazole rings is 1. The van der Waals surface area contributed by atoms with E-state index in [2.05, 4.69) is 19.8 Å². The van der Waals surface area contributed by atoms with E-state index in [-0.39, 0.29) is 5.78 Å². The van der Waals surface area contributed by atoms with Crippen molar-refractivity contribution in [3.8, 4) is 0 Å². The summed E-state index contributed by atoms with van der Waals surface area (Å²) in [4.78, 5) is 22.8. The molecule has 15 heavy (non-hydrogen) atoms. The maximum atomic E-state index is 11.0. The van der Waals surface area contributed by atoms with Crippen molar-refractivity contribution in [3.63, 3.8) is 0 Å². The van der Waals surface area contributed by atoms with Gasteiger partial charge in [-0.1, -0.05) is 0 Å². The molecule has 1 N–H and O–H groups in total. The molecule has 0 unspecified atom stereocenters. The van der Waals surface area contributed by atoms with Gasteiger partial charge in [0.1, 0.15) is 11.6 Å². The van der Waals surface area contributed by atoms with Gasteiger partial charge in [-0.3, -0.25) is 9.69 Å². The molecular formula is C10H16N4O. The molecule has 2 heterocycles. The van der Waals surface area contributed by atoms with Crippen molar-refractivity contribution in [2.24, 2.45) is 0 Å². The smallest absolute Gasteiger partial charge is 0.152 e. The van der Waals surface area contributed by atoms with E-state index in [1.165, 1.54) is 0 Å². The minimum absolute atomic E-state index is 0.197. The predicted molar refractivity (Wildman–Crippen MR) is 57.7 cm³/mol. The van der Waals surface area contributed by atoms with Crippen LogP contribution in [0, 0.1) is 6.92 Å². The van der Waals surface area contributed by atoms with Gasteiger partial charge < -0.3 is 9.88 Å². The fraction of sp³-hybridized carbons (Fsp3) is 0.600. The standard InChI is InChI=1S/C10H16N4O/c1-7(15)4-14-5-9-10(13(3)6-14)12-8(2)11-9/h4-6H2,1-3H3,(H,11,12). The number of ketones is 1. The molecule has 0 aliphatic carbocycles. The summed E-state index contributed by atoms with van der Waals surface area (Å²) in [6, 6.07) is 0. The van der Waals surface area contributed by atoms with E-state index in [0.717, 1.165) is 30.5 Å². The molecule has 0 spiro atoms. The second-order valence-corrected chi connectivity index (χ2v) is 4.15. The minimum Gasteiger partial charge on any atom is -0.345 e. The number of hydrogen-bond acceptors (Lipinski definition) is 4. The van der Waals surface area contributed by atoms with Gasteiger partial charge in [-0.05, 0) is 13.8 Å². The summed E-state index contributed by atoms with van der Waals surface area (Å²) in [6.07, 6.45) is 0. The Labute approximate surface area is 89.1 Å². The molecule has 1 aliphatic heterocycles. The van der Waals surface area contributed by atoms with Crippen molar-refractivity contribution in [3.05, 3.63) is 11.5 Å². The van der Waals surface area contributed by atoms with Crippen LogP contribution in [0.25, 0.3) is 0 Å². The summed E-state index contributed by atoms with van der Waals surface area (Å²) in [6.45, 7) is 5.61. The third-order valence-electron chi connectivity index (χ3n) is 2.48. The Morgan fingerprint density at radius 3 is 3.00 bits per heavy atom. The number of nitrogens with one attached hydrogen (secondary N) is 1. The first kappa shape index (κ1) is 10.2. The first-order valence-electron chi connectivity index (χ1n) is 5.04. The molecule has 0 aromatic carbocycles. The van der Waals surface area contributed by atoms with Gasteiger partial charge in [0.2, 0.25) is 0 Å². The van der Waals surface area contributed by atoms with Gasteiger partial charge >= 0.3 is 0 Å². The highest BCUT2D eigenvalue weighted by Crippen LogP contribution is 2.23. The Morgan fingerprint density at radius 2 is 2.33 bits per heavy atom. The Hall–Kier alpha value is -1.36. The Balaban J connectivity index is 2.18. The van der Waals surface area contributed by atoms with E-state index in [0.29, 0.717) is 6.54 Å². The summed E-state index contributed by atoms with van der Waals surface area (Å²) >= 11 is 0. The van der Waals surface area contributed by atoms with E-state index in [1.54, 1.807) is 6.92 Å². The van der Waals surface area contributed by atoms with Crippen LogP contribution in [0.15, 0.2) is 0 Å². The number of carbonyl (C=O) groups is 1. The molecule has 0 amide bonds. The molecule has 1 aliphatic rings. The zero-order chi connectivity index (χ0) is 11.0. The fourth-order valence-corrected chi connectivity index (χ4v) is 2.02. The Kier molecular flexibility index (Phi) is 2.48. The van der Waals surface area contributed by atoms with E-state index in [4.69, 9.17) is 0 Å². The summed E-state index contributed by atoms with van der Waals surface area (Å²) in [7, 11) is 1.99. The number of rotatable bonds is 2. The van der Waals surface area contributed by atoms with E-state index >= 15 is 0 Å². The summed E-state index contributed by atoms with van der Waals surface area (Å²) < 4.78 is 0. The molecule has 0 radical (unpaired) electrons. The SMILES string of the molecule is CC(=O)CN1Cc2[nH]c(C)nc2N(C)C1. The number of Topliss-reactive ketones (excluding diaryl/α,β-unsaturated/α-hetero) is 1. The van der Waals surface area contributed by atoms with Crippen molar-refractivity contribution in [1.29, 1.82) is 0 Å². The highest BCUT2D eigenvalue weighted by molar-refractivity contribution is 5.77. The van der Waals surface area contributed by atoms with Crippen molar-refractivity contribution >= 4 is 11.6 Å². The van der Waals surface area contributed by atoms with Gasteiger partial charge in [0.05, 0.1) is 18.9 Å². The quantitative estimate of drug-likeness (QED) is 0.769. The van der Waals surface area contributed by atoms with Crippen molar-refractivity contribution < 1.29 is 4.79 Å². The molecule has 0 saturated carbocycles.